The van der Waals surface area contributed by atoms with E-state index in [9.17, 15) is 9.59 Å². The summed E-state index contributed by atoms with van der Waals surface area (Å²) >= 11 is 0. The molecule has 114 valence electrons. The van der Waals surface area contributed by atoms with E-state index in [1.807, 2.05) is 31.2 Å². The number of aryl methyl sites for hydroxylation is 1. The lowest BCUT2D eigenvalue weighted by Crippen LogP contribution is -2.30. The van der Waals surface area contributed by atoms with E-state index in [2.05, 4.69) is 10.6 Å². The highest BCUT2D eigenvalue weighted by atomic mass is 16.2. The summed E-state index contributed by atoms with van der Waals surface area (Å²) in [7, 11) is 0. The number of benzene rings is 2. The van der Waals surface area contributed by atoms with Gasteiger partial charge in [0.1, 0.15) is 0 Å². The minimum absolute atomic E-state index is 0.0795. The quantitative estimate of drug-likeness (QED) is 0.760. The first-order valence-corrected chi connectivity index (χ1v) is 7.01. The van der Waals surface area contributed by atoms with Crippen LogP contribution in [-0.2, 0) is 11.3 Å². The second kappa shape index (κ2) is 7.26. The van der Waals surface area contributed by atoms with Crippen LogP contribution in [-0.4, -0.2) is 18.4 Å². The molecule has 2 aromatic carbocycles. The van der Waals surface area contributed by atoms with E-state index in [1.165, 1.54) is 5.56 Å². The number of nitrogens with one attached hydrogen (secondary N) is 2. The summed E-state index contributed by atoms with van der Waals surface area (Å²) in [5, 5.41) is 5.75. The van der Waals surface area contributed by atoms with Crippen LogP contribution >= 0.6 is 0 Å². The highest BCUT2D eigenvalue weighted by Crippen LogP contribution is 2.13. The number of hydrogen-bond acceptors (Lipinski definition) is 3. The van der Waals surface area contributed by atoms with E-state index >= 15 is 0 Å². The van der Waals surface area contributed by atoms with Crippen LogP contribution in [0.1, 0.15) is 21.5 Å². The molecular weight excluding hydrogens is 278 g/mol. The third-order valence-corrected chi connectivity index (χ3v) is 3.24. The molecule has 0 aliphatic carbocycles. The van der Waals surface area contributed by atoms with Crippen molar-refractivity contribution < 1.29 is 9.59 Å². The fraction of sp³-hybridized carbons (Fsp3) is 0.176. The maximum Gasteiger partial charge on any atom is 0.250 e. The van der Waals surface area contributed by atoms with Gasteiger partial charge in [0.15, 0.2) is 0 Å². The number of nitrogens with two attached hydrogens (primary N) is 1. The van der Waals surface area contributed by atoms with Crippen LogP contribution in [0.4, 0.5) is 5.69 Å². The number of anilines is 1. The Morgan fingerprint density at radius 2 is 1.73 bits per heavy atom. The third-order valence-electron chi connectivity index (χ3n) is 3.24. The summed E-state index contributed by atoms with van der Waals surface area (Å²) in [5.74, 6) is -0.678. The Hall–Kier alpha value is -2.82. The largest absolute Gasteiger partial charge is 0.376 e. The minimum Gasteiger partial charge on any atom is -0.376 e. The van der Waals surface area contributed by atoms with Crippen LogP contribution in [0.2, 0.25) is 0 Å². The standard InChI is InChI=1S/C17H19N3O2/c1-12-6-8-13(9-7-12)10-20-16(21)11-19-15-5-3-2-4-14(15)17(18)22/h2-9,19H,10-11H2,1H3,(H2,18,22)(H,20,21). The van der Waals surface area contributed by atoms with Gasteiger partial charge >= 0.3 is 0 Å². The Kier molecular flexibility index (Phi) is 5.14. The minimum atomic E-state index is -0.525. The predicted octanol–water partition coefficient (Wildman–Crippen LogP) is 1.82. The van der Waals surface area contributed by atoms with Gasteiger partial charge < -0.3 is 16.4 Å². The third kappa shape index (κ3) is 4.34. The fourth-order valence-electron chi connectivity index (χ4n) is 2.00. The summed E-state index contributed by atoms with van der Waals surface area (Å²) in [6.07, 6.45) is 0. The summed E-state index contributed by atoms with van der Waals surface area (Å²) in [6, 6.07) is 14.8. The lowest BCUT2D eigenvalue weighted by Gasteiger charge is -2.10. The van der Waals surface area contributed by atoms with Crippen molar-refractivity contribution in [2.75, 3.05) is 11.9 Å². The van der Waals surface area contributed by atoms with Crippen LogP contribution in [0.5, 0.6) is 0 Å². The molecule has 2 amide bonds. The Balaban J connectivity index is 1.85. The molecule has 0 aromatic heterocycles. The van der Waals surface area contributed by atoms with Gasteiger partial charge in [-0.3, -0.25) is 9.59 Å². The molecule has 0 unspecified atom stereocenters. The molecule has 4 N–H and O–H groups in total. The summed E-state index contributed by atoms with van der Waals surface area (Å²) in [4.78, 5) is 23.1. The monoisotopic (exact) mass is 297 g/mol. The van der Waals surface area contributed by atoms with Gasteiger partial charge in [0.25, 0.3) is 5.91 Å². The maximum atomic E-state index is 11.8. The highest BCUT2D eigenvalue weighted by molar-refractivity contribution is 5.98. The maximum absolute atomic E-state index is 11.8. The van der Waals surface area contributed by atoms with Crippen LogP contribution in [0.3, 0.4) is 0 Å². The smallest absolute Gasteiger partial charge is 0.250 e. The second-order valence-corrected chi connectivity index (χ2v) is 5.03. The Morgan fingerprint density at radius 3 is 2.41 bits per heavy atom. The summed E-state index contributed by atoms with van der Waals surface area (Å²) in [5.41, 5.74) is 8.43. The lowest BCUT2D eigenvalue weighted by atomic mass is 10.1. The summed E-state index contributed by atoms with van der Waals surface area (Å²) in [6.45, 7) is 2.57. The van der Waals surface area contributed by atoms with Crippen molar-refractivity contribution in [1.29, 1.82) is 0 Å². The van der Waals surface area contributed by atoms with Crippen LogP contribution in [0, 0.1) is 6.92 Å². The average molecular weight is 297 g/mol. The molecule has 2 rings (SSSR count). The van der Waals surface area contributed by atoms with Crippen molar-refractivity contribution >= 4 is 17.5 Å². The number of rotatable bonds is 6. The molecule has 0 radical (unpaired) electrons. The zero-order valence-electron chi connectivity index (χ0n) is 12.4. The number of primary amides is 1. The van der Waals surface area contributed by atoms with Gasteiger partial charge in [0.05, 0.1) is 12.1 Å². The van der Waals surface area contributed by atoms with Crippen LogP contribution in [0.15, 0.2) is 48.5 Å². The summed E-state index contributed by atoms with van der Waals surface area (Å²) < 4.78 is 0. The zero-order chi connectivity index (χ0) is 15.9. The number of hydrogen-bond donors (Lipinski definition) is 3. The Bertz CT molecular complexity index is 666. The first kappa shape index (κ1) is 15.6. The van der Waals surface area contributed by atoms with Crippen LogP contribution < -0.4 is 16.4 Å². The zero-order valence-corrected chi connectivity index (χ0v) is 12.4. The van der Waals surface area contributed by atoms with Gasteiger partial charge in [0, 0.05) is 12.2 Å². The van der Waals surface area contributed by atoms with E-state index in [0.29, 0.717) is 17.8 Å². The van der Waals surface area contributed by atoms with Crippen molar-refractivity contribution in [2.45, 2.75) is 13.5 Å². The number of carbonyl (C=O) groups excluding carboxylic acids is 2. The molecule has 0 aliphatic heterocycles. The first-order valence-electron chi connectivity index (χ1n) is 7.01. The molecule has 0 heterocycles. The average Bonchev–Trinajstić information content (AvgIpc) is 2.52. The van der Waals surface area contributed by atoms with Gasteiger partial charge in [-0.2, -0.15) is 0 Å². The van der Waals surface area contributed by atoms with Crippen molar-refractivity contribution in [3.05, 3.63) is 65.2 Å². The predicted molar refractivity (Wildman–Crippen MR) is 86.5 cm³/mol. The Morgan fingerprint density at radius 1 is 1.05 bits per heavy atom. The SMILES string of the molecule is Cc1ccc(CNC(=O)CNc2ccccc2C(N)=O)cc1. The fourth-order valence-corrected chi connectivity index (χ4v) is 2.00. The first-order chi connectivity index (χ1) is 10.6. The molecule has 0 saturated carbocycles. The lowest BCUT2D eigenvalue weighted by molar-refractivity contribution is -0.119. The number of carbonyl (C=O) groups is 2. The van der Waals surface area contributed by atoms with Gasteiger partial charge in [-0.15, -0.1) is 0 Å². The molecular formula is C17H19N3O2. The van der Waals surface area contributed by atoms with Crippen molar-refractivity contribution in [3.8, 4) is 0 Å². The molecule has 5 nitrogen and oxygen atoms in total. The van der Waals surface area contributed by atoms with Gasteiger partial charge in [-0.1, -0.05) is 42.0 Å². The molecule has 22 heavy (non-hydrogen) atoms. The molecule has 5 heteroatoms. The topological polar surface area (TPSA) is 84.2 Å². The molecule has 0 atom stereocenters. The van der Waals surface area contributed by atoms with E-state index in [0.717, 1.165) is 5.56 Å². The molecule has 2 aromatic rings. The highest BCUT2D eigenvalue weighted by Gasteiger charge is 2.08. The molecule has 0 spiro atoms. The van der Waals surface area contributed by atoms with E-state index in [1.54, 1.807) is 24.3 Å². The normalized spacial score (nSPS) is 10.0. The van der Waals surface area contributed by atoms with Crippen molar-refractivity contribution in [2.24, 2.45) is 5.73 Å². The van der Waals surface area contributed by atoms with Crippen LogP contribution in [0.25, 0.3) is 0 Å². The van der Waals surface area contributed by atoms with Gasteiger partial charge in [0.2, 0.25) is 5.91 Å². The van der Waals surface area contributed by atoms with Gasteiger partial charge in [-0.05, 0) is 24.6 Å². The molecule has 0 bridgehead atoms. The van der Waals surface area contributed by atoms with Crippen molar-refractivity contribution in [1.82, 2.24) is 5.32 Å². The Labute approximate surface area is 129 Å². The van der Waals surface area contributed by atoms with E-state index in [4.69, 9.17) is 5.73 Å². The van der Waals surface area contributed by atoms with E-state index in [-0.39, 0.29) is 12.5 Å². The molecule has 0 saturated heterocycles. The second-order valence-electron chi connectivity index (χ2n) is 5.03. The number of amides is 2. The van der Waals surface area contributed by atoms with Crippen molar-refractivity contribution in [3.63, 3.8) is 0 Å². The number of para-hydroxylation sites is 1. The van der Waals surface area contributed by atoms with E-state index < -0.39 is 5.91 Å². The van der Waals surface area contributed by atoms with Gasteiger partial charge in [-0.25, -0.2) is 0 Å². The molecule has 0 fully saturated rings. The molecule has 0 aliphatic rings.